The van der Waals surface area contributed by atoms with Gasteiger partial charge >= 0.3 is 0 Å². The molecule has 0 unspecified atom stereocenters. The molecule has 1 aromatic carbocycles. The van der Waals surface area contributed by atoms with Crippen molar-refractivity contribution in [2.45, 2.75) is 23.9 Å². The van der Waals surface area contributed by atoms with Crippen LogP contribution in [0.5, 0.6) is 0 Å². The maximum absolute atomic E-state index is 12.7. The molecule has 1 atom stereocenters. The first kappa shape index (κ1) is 17.7. The van der Waals surface area contributed by atoms with Gasteiger partial charge in [0.2, 0.25) is 5.91 Å². The number of morpholine rings is 1. The summed E-state index contributed by atoms with van der Waals surface area (Å²) in [5.41, 5.74) is 0.528. The number of benzene rings is 1. The first-order valence-electron chi connectivity index (χ1n) is 8.25. The van der Waals surface area contributed by atoms with Gasteiger partial charge in [-0.1, -0.05) is 30.0 Å². The number of ether oxygens (including phenoxy) is 1. The van der Waals surface area contributed by atoms with Crippen molar-refractivity contribution in [1.82, 2.24) is 14.5 Å². The summed E-state index contributed by atoms with van der Waals surface area (Å²) in [7, 11) is 0. The van der Waals surface area contributed by atoms with Crippen LogP contribution in [0.15, 0.2) is 46.9 Å². The number of carbonyl (C=O) groups is 1. The van der Waals surface area contributed by atoms with Crippen LogP contribution < -0.4 is 5.56 Å². The van der Waals surface area contributed by atoms with Crippen molar-refractivity contribution in [2.24, 2.45) is 0 Å². The summed E-state index contributed by atoms with van der Waals surface area (Å²) in [6, 6.07) is 7.25. The Morgan fingerprint density at radius 1 is 1.40 bits per heavy atom. The summed E-state index contributed by atoms with van der Waals surface area (Å²) in [5, 5.41) is 0.779. The van der Waals surface area contributed by atoms with Crippen LogP contribution in [0.1, 0.15) is 6.92 Å². The zero-order chi connectivity index (χ0) is 17.8. The highest BCUT2D eigenvalue weighted by atomic mass is 32.2. The normalized spacial score (nSPS) is 16.0. The second-order valence-electron chi connectivity index (χ2n) is 5.81. The molecule has 0 aliphatic carbocycles. The van der Waals surface area contributed by atoms with Gasteiger partial charge < -0.3 is 9.64 Å². The standard InChI is InChI=1S/C18H21N3O3S/c1-3-8-21-17(23)14-6-4-5-7-15(14)19-18(21)25-13(2)16(22)20-9-11-24-12-10-20/h3-7,13H,1,8-12H2,2H3/t13-/m0/s1. The Hall–Kier alpha value is -2.12. The number of aromatic nitrogens is 2. The lowest BCUT2D eigenvalue weighted by Crippen LogP contribution is -2.44. The van der Waals surface area contributed by atoms with Crippen LogP contribution in [-0.4, -0.2) is 51.9 Å². The zero-order valence-electron chi connectivity index (χ0n) is 14.2. The van der Waals surface area contributed by atoms with Crippen molar-refractivity contribution in [1.29, 1.82) is 0 Å². The molecule has 1 saturated heterocycles. The average Bonchev–Trinajstić information content (AvgIpc) is 2.65. The molecule has 1 amide bonds. The number of carbonyl (C=O) groups excluding carboxylic acids is 1. The SMILES string of the molecule is C=CCn1c(S[C@@H](C)C(=O)N2CCOCC2)nc2ccccc2c1=O. The fourth-order valence-electron chi connectivity index (χ4n) is 2.78. The monoisotopic (exact) mass is 359 g/mol. The van der Waals surface area contributed by atoms with Crippen LogP contribution >= 0.6 is 11.8 Å². The quantitative estimate of drug-likeness (QED) is 0.464. The number of fused-ring (bicyclic) bond motifs is 1. The van der Waals surface area contributed by atoms with Gasteiger partial charge in [0, 0.05) is 19.6 Å². The predicted octanol–water partition coefficient (Wildman–Crippen LogP) is 1.92. The highest BCUT2D eigenvalue weighted by molar-refractivity contribution is 8.00. The van der Waals surface area contributed by atoms with E-state index < -0.39 is 0 Å². The van der Waals surface area contributed by atoms with Crippen molar-refractivity contribution < 1.29 is 9.53 Å². The number of thioether (sulfide) groups is 1. The van der Waals surface area contributed by atoms with E-state index in [2.05, 4.69) is 11.6 Å². The van der Waals surface area contributed by atoms with Crippen LogP contribution in [0, 0.1) is 0 Å². The maximum Gasteiger partial charge on any atom is 0.262 e. The topological polar surface area (TPSA) is 64.4 Å². The molecule has 1 aliphatic rings. The predicted molar refractivity (Wildman–Crippen MR) is 98.9 cm³/mol. The van der Waals surface area contributed by atoms with Gasteiger partial charge in [0.25, 0.3) is 5.56 Å². The van der Waals surface area contributed by atoms with E-state index in [9.17, 15) is 9.59 Å². The van der Waals surface area contributed by atoms with Crippen LogP contribution in [-0.2, 0) is 16.1 Å². The van der Waals surface area contributed by atoms with Gasteiger partial charge in [0.1, 0.15) is 0 Å². The van der Waals surface area contributed by atoms with E-state index in [0.29, 0.717) is 48.9 Å². The fraction of sp³-hybridized carbons (Fsp3) is 0.389. The van der Waals surface area contributed by atoms with Crippen molar-refractivity contribution in [2.75, 3.05) is 26.3 Å². The van der Waals surface area contributed by atoms with Crippen LogP contribution in [0.4, 0.5) is 0 Å². The van der Waals surface area contributed by atoms with E-state index >= 15 is 0 Å². The summed E-state index contributed by atoms with van der Waals surface area (Å²) in [4.78, 5) is 31.8. The van der Waals surface area contributed by atoms with Gasteiger partial charge in [-0.2, -0.15) is 0 Å². The third-order valence-corrected chi connectivity index (χ3v) is 5.17. The molecule has 0 radical (unpaired) electrons. The molecule has 2 heterocycles. The third kappa shape index (κ3) is 3.77. The molecule has 3 rings (SSSR count). The molecule has 0 spiro atoms. The number of hydrogen-bond donors (Lipinski definition) is 0. The molecular formula is C18H21N3O3S. The molecule has 7 heteroatoms. The molecule has 132 valence electrons. The second kappa shape index (κ2) is 7.84. The molecule has 0 saturated carbocycles. The highest BCUT2D eigenvalue weighted by Gasteiger charge is 2.25. The molecule has 6 nitrogen and oxygen atoms in total. The third-order valence-electron chi connectivity index (χ3n) is 4.09. The zero-order valence-corrected chi connectivity index (χ0v) is 15.0. The Kier molecular flexibility index (Phi) is 5.55. The number of rotatable bonds is 5. The Morgan fingerprint density at radius 3 is 2.84 bits per heavy atom. The first-order valence-corrected chi connectivity index (χ1v) is 9.13. The summed E-state index contributed by atoms with van der Waals surface area (Å²) in [6.07, 6.45) is 1.66. The molecule has 2 aromatic rings. The molecule has 25 heavy (non-hydrogen) atoms. The molecule has 0 N–H and O–H groups in total. The van der Waals surface area contributed by atoms with E-state index in [4.69, 9.17) is 4.74 Å². The smallest absolute Gasteiger partial charge is 0.262 e. The Balaban J connectivity index is 1.91. The second-order valence-corrected chi connectivity index (χ2v) is 7.12. The maximum atomic E-state index is 12.7. The lowest BCUT2D eigenvalue weighted by molar-refractivity contribution is -0.134. The van der Waals surface area contributed by atoms with Gasteiger partial charge in [-0.05, 0) is 19.1 Å². The van der Waals surface area contributed by atoms with Gasteiger partial charge in [-0.15, -0.1) is 6.58 Å². The molecule has 1 aliphatic heterocycles. The lowest BCUT2D eigenvalue weighted by Gasteiger charge is -2.29. The minimum atomic E-state index is -0.331. The summed E-state index contributed by atoms with van der Waals surface area (Å²) in [5.74, 6) is 0.0425. The Bertz CT molecular complexity index is 843. The molecular weight excluding hydrogens is 338 g/mol. The fourth-order valence-corrected chi connectivity index (χ4v) is 3.78. The lowest BCUT2D eigenvalue weighted by atomic mass is 10.2. The molecule has 0 bridgehead atoms. The van der Waals surface area contributed by atoms with E-state index in [1.165, 1.54) is 11.8 Å². The van der Waals surface area contributed by atoms with Gasteiger partial charge in [-0.25, -0.2) is 4.98 Å². The van der Waals surface area contributed by atoms with E-state index in [0.717, 1.165) is 0 Å². The van der Waals surface area contributed by atoms with E-state index in [-0.39, 0.29) is 16.7 Å². The largest absolute Gasteiger partial charge is 0.378 e. The van der Waals surface area contributed by atoms with Crippen LogP contribution in [0.2, 0.25) is 0 Å². The average molecular weight is 359 g/mol. The first-order chi connectivity index (χ1) is 12.1. The van der Waals surface area contributed by atoms with Crippen molar-refractivity contribution >= 4 is 28.6 Å². The number of para-hydroxylation sites is 1. The van der Waals surface area contributed by atoms with E-state index in [1.54, 1.807) is 21.6 Å². The number of amides is 1. The molecule has 1 fully saturated rings. The summed E-state index contributed by atoms with van der Waals surface area (Å²) in [6.45, 7) is 8.27. The number of hydrogen-bond acceptors (Lipinski definition) is 5. The number of nitrogens with zero attached hydrogens (tertiary/aromatic N) is 3. The minimum absolute atomic E-state index is 0.0425. The van der Waals surface area contributed by atoms with Crippen LogP contribution in [0.25, 0.3) is 10.9 Å². The summed E-state index contributed by atoms with van der Waals surface area (Å²) < 4.78 is 6.87. The van der Waals surface area contributed by atoms with Crippen LogP contribution in [0.3, 0.4) is 0 Å². The van der Waals surface area contributed by atoms with Gasteiger partial charge in [0.15, 0.2) is 5.16 Å². The Labute approximate surface area is 150 Å². The highest BCUT2D eigenvalue weighted by Crippen LogP contribution is 2.24. The van der Waals surface area contributed by atoms with E-state index in [1.807, 2.05) is 25.1 Å². The minimum Gasteiger partial charge on any atom is -0.378 e. The Morgan fingerprint density at radius 2 is 2.12 bits per heavy atom. The van der Waals surface area contributed by atoms with Crippen molar-refractivity contribution in [3.05, 3.63) is 47.3 Å². The molecule has 1 aromatic heterocycles. The van der Waals surface area contributed by atoms with Crippen molar-refractivity contribution in [3.63, 3.8) is 0 Å². The van der Waals surface area contributed by atoms with Gasteiger partial charge in [0.05, 0.1) is 29.4 Å². The summed E-state index contributed by atoms with van der Waals surface area (Å²) >= 11 is 1.31. The van der Waals surface area contributed by atoms with Gasteiger partial charge in [-0.3, -0.25) is 14.2 Å². The van der Waals surface area contributed by atoms with Crippen molar-refractivity contribution in [3.8, 4) is 0 Å². The number of allylic oxidation sites excluding steroid dienone is 1.